The first-order valence-corrected chi connectivity index (χ1v) is 3.45. The summed E-state index contributed by atoms with van der Waals surface area (Å²) in [5.41, 5.74) is 1.61. The molecule has 2 nitrogen and oxygen atoms in total. The van der Waals surface area contributed by atoms with Crippen LogP contribution in [0.2, 0.25) is 0 Å². The van der Waals surface area contributed by atoms with Crippen molar-refractivity contribution in [1.82, 2.24) is 0 Å². The molecule has 0 fully saturated rings. The molecule has 0 spiro atoms. The Morgan fingerprint density at radius 1 is 1.50 bits per heavy atom. The van der Waals surface area contributed by atoms with Gasteiger partial charge in [0.25, 0.3) is 0 Å². The van der Waals surface area contributed by atoms with Crippen LogP contribution in [0.4, 0.5) is 0 Å². The summed E-state index contributed by atoms with van der Waals surface area (Å²) in [7, 11) is 0. The average Bonchev–Trinajstić information content (AvgIpc) is 1.93. The van der Waals surface area contributed by atoms with E-state index in [-0.39, 0.29) is 5.78 Å². The van der Waals surface area contributed by atoms with Crippen LogP contribution in [-0.4, -0.2) is 11.5 Å². The van der Waals surface area contributed by atoms with E-state index in [0.717, 1.165) is 12.0 Å². The highest BCUT2D eigenvalue weighted by Gasteiger charge is 2.09. The summed E-state index contributed by atoms with van der Waals surface area (Å²) in [6.07, 6.45) is 3.58. The van der Waals surface area contributed by atoms with Crippen LogP contribution in [0, 0.1) is 5.41 Å². The third-order valence-electron chi connectivity index (χ3n) is 1.61. The van der Waals surface area contributed by atoms with Crippen LogP contribution in [-0.2, 0) is 4.79 Å². The standard InChI is InChI=1S/C8H11NO/c1-6-2-3-8(10)5-7(9)4-6/h4,9H,2-3,5H2,1H3. The summed E-state index contributed by atoms with van der Waals surface area (Å²) in [6.45, 7) is 1.97. The van der Waals surface area contributed by atoms with Gasteiger partial charge >= 0.3 is 0 Å². The van der Waals surface area contributed by atoms with Gasteiger partial charge in [-0.25, -0.2) is 0 Å². The minimum Gasteiger partial charge on any atom is -0.305 e. The van der Waals surface area contributed by atoms with Crippen molar-refractivity contribution in [1.29, 1.82) is 5.41 Å². The first kappa shape index (κ1) is 7.19. The van der Waals surface area contributed by atoms with Crippen LogP contribution in [0.3, 0.4) is 0 Å². The molecule has 10 heavy (non-hydrogen) atoms. The topological polar surface area (TPSA) is 40.9 Å². The fraction of sp³-hybridized carbons (Fsp3) is 0.500. The molecular formula is C8H11NO. The van der Waals surface area contributed by atoms with Crippen LogP contribution in [0.1, 0.15) is 26.2 Å². The fourth-order valence-electron chi connectivity index (χ4n) is 1.06. The number of ketones is 1. The number of carbonyl (C=O) groups is 1. The molecular weight excluding hydrogens is 126 g/mol. The van der Waals surface area contributed by atoms with Crippen LogP contribution in [0.15, 0.2) is 11.6 Å². The summed E-state index contributed by atoms with van der Waals surface area (Å²) in [6, 6.07) is 0. The summed E-state index contributed by atoms with van der Waals surface area (Å²) in [5.74, 6) is 0.193. The monoisotopic (exact) mass is 137 g/mol. The van der Waals surface area contributed by atoms with E-state index in [2.05, 4.69) is 0 Å². The van der Waals surface area contributed by atoms with E-state index in [1.807, 2.05) is 6.92 Å². The molecule has 0 aromatic rings. The molecule has 0 heterocycles. The van der Waals surface area contributed by atoms with Gasteiger partial charge in [0, 0.05) is 18.6 Å². The van der Waals surface area contributed by atoms with E-state index in [0.29, 0.717) is 18.6 Å². The van der Waals surface area contributed by atoms with E-state index >= 15 is 0 Å². The molecule has 0 amide bonds. The zero-order valence-corrected chi connectivity index (χ0v) is 6.11. The third kappa shape index (κ3) is 1.79. The molecule has 0 radical (unpaired) electrons. The number of rotatable bonds is 0. The van der Waals surface area contributed by atoms with Gasteiger partial charge in [-0.15, -0.1) is 0 Å². The maximum Gasteiger partial charge on any atom is 0.139 e. The molecule has 0 unspecified atom stereocenters. The lowest BCUT2D eigenvalue weighted by Gasteiger charge is -1.91. The molecule has 0 atom stereocenters. The van der Waals surface area contributed by atoms with Gasteiger partial charge in [-0.3, -0.25) is 4.79 Å². The minimum absolute atomic E-state index is 0.193. The molecule has 1 rings (SSSR count). The second-order valence-electron chi connectivity index (χ2n) is 2.73. The zero-order valence-electron chi connectivity index (χ0n) is 6.11. The van der Waals surface area contributed by atoms with E-state index < -0.39 is 0 Å². The Balaban J connectivity index is 2.71. The Hall–Kier alpha value is -0.920. The summed E-state index contributed by atoms with van der Waals surface area (Å²) >= 11 is 0. The summed E-state index contributed by atoms with van der Waals surface area (Å²) in [4.78, 5) is 10.9. The second kappa shape index (κ2) is 2.78. The van der Waals surface area contributed by atoms with Gasteiger partial charge in [-0.1, -0.05) is 5.57 Å². The van der Waals surface area contributed by atoms with Crippen LogP contribution in [0.5, 0.6) is 0 Å². The van der Waals surface area contributed by atoms with Crippen molar-refractivity contribution in [3.05, 3.63) is 11.6 Å². The van der Waals surface area contributed by atoms with Crippen molar-refractivity contribution in [2.24, 2.45) is 0 Å². The van der Waals surface area contributed by atoms with Gasteiger partial charge in [0.05, 0.1) is 0 Å². The lowest BCUT2D eigenvalue weighted by atomic mass is 10.1. The Morgan fingerprint density at radius 3 is 2.90 bits per heavy atom. The molecule has 2 heteroatoms. The predicted octanol–water partition coefficient (Wildman–Crippen LogP) is 1.71. The van der Waals surface area contributed by atoms with Crippen molar-refractivity contribution < 1.29 is 4.79 Å². The lowest BCUT2D eigenvalue weighted by molar-refractivity contribution is -0.117. The number of carbonyl (C=O) groups excluding carboxylic acids is 1. The highest BCUT2D eigenvalue weighted by atomic mass is 16.1. The molecule has 0 saturated heterocycles. The third-order valence-corrected chi connectivity index (χ3v) is 1.61. The molecule has 0 aromatic heterocycles. The molecule has 1 aliphatic carbocycles. The maximum atomic E-state index is 10.9. The van der Waals surface area contributed by atoms with Gasteiger partial charge in [-0.05, 0) is 19.4 Å². The van der Waals surface area contributed by atoms with Crippen molar-refractivity contribution in [3.8, 4) is 0 Å². The lowest BCUT2D eigenvalue weighted by Crippen LogP contribution is -2.00. The molecule has 1 aliphatic rings. The molecule has 0 saturated carbocycles. The summed E-state index contributed by atoms with van der Waals surface area (Å²) in [5, 5.41) is 7.29. The van der Waals surface area contributed by atoms with Crippen molar-refractivity contribution in [2.45, 2.75) is 26.2 Å². The smallest absolute Gasteiger partial charge is 0.139 e. The maximum absolute atomic E-state index is 10.9. The number of allylic oxidation sites excluding steroid dienone is 2. The van der Waals surface area contributed by atoms with E-state index in [4.69, 9.17) is 5.41 Å². The van der Waals surface area contributed by atoms with Gasteiger partial charge in [0.2, 0.25) is 0 Å². The van der Waals surface area contributed by atoms with Gasteiger partial charge in [-0.2, -0.15) is 0 Å². The highest BCUT2D eigenvalue weighted by molar-refractivity contribution is 6.07. The Labute approximate surface area is 60.4 Å². The summed E-state index contributed by atoms with van der Waals surface area (Å²) < 4.78 is 0. The largest absolute Gasteiger partial charge is 0.305 e. The van der Waals surface area contributed by atoms with Crippen molar-refractivity contribution in [3.63, 3.8) is 0 Å². The number of hydrogen-bond donors (Lipinski definition) is 1. The van der Waals surface area contributed by atoms with E-state index in [1.54, 1.807) is 6.08 Å². The van der Waals surface area contributed by atoms with Gasteiger partial charge < -0.3 is 5.41 Å². The number of nitrogens with one attached hydrogen (secondary N) is 1. The SMILES string of the molecule is CC1=CC(=N)CC(=O)CC1. The van der Waals surface area contributed by atoms with Gasteiger partial charge in [0.1, 0.15) is 5.78 Å². The predicted molar refractivity (Wildman–Crippen MR) is 40.3 cm³/mol. The highest BCUT2D eigenvalue weighted by Crippen LogP contribution is 2.11. The minimum atomic E-state index is 0.193. The molecule has 0 aromatic carbocycles. The van der Waals surface area contributed by atoms with E-state index in [1.165, 1.54) is 0 Å². The van der Waals surface area contributed by atoms with Crippen molar-refractivity contribution >= 4 is 11.5 Å². The first-order chi connectivity index (χ1) is 4.68. The number of hydrogen-bond acceptors (Lipinski definition) is 2. The van der Waals surface area contributed by atoms with Crippen molar-refractivity contribution in [2.75, 3.05) is 0 Å². The Kier molecular flexibility index (Phi) is 2.00. The quantitative estimate of drug-likeness (QED) is 0.542. The molecule has 1 N–H and O–H groups in total. The zero-order chi connectivity index (χ0) is 7.56. The Morgan fingerprint density at radius 2 is 2.20 bits per heavy atom. The fourth-order valence-corrected chi connectivity index (χ4v) is 1.06. The molecule has 0 bridgehead atoms. The van der Waals surface area contributed by atoms with Crippen LogP contribution in [0.25, 0.3) is 0 Å². The first-order valence-electron chi connectivity index (χ1n) is 3.45. The Bertz CT molecular complexity index is 203. The molecule has 0 aliphatic heterocycles. The van der Waals surface area contributed by atoms with E-state index in [9.17, 15) is 4.79 Å². The second-order valence-corrected chi connectivity index (χ2v) is 2.73. The molecule has 54 valence electrons. The normalized spacial score (nSPS) is 20.3. The van der Waals surface area contributed by atoms with Crippen LogP contribution >= 0.6 is 0 Å². The van der Waals surface area contributed by atoms with Crippen LogP contribution < -0.4 is 0 Å². The van der Waals surface area contributed by atoms with Gasteiger partial charge in [0.15, 0.2) is 0 Å². The average molecular weight is 137 g/mol. The number of Topliss-reactive ketones (excluding diaryl/α,β-unsaturated/α-hetero) is 1.